The standard InChI is InChI=1S/C22H31N5O5S/c1-26-19-17(21(29)27(2)22(26)30)20(33-12-16(28)23-11-13-7-6-10-32-13)25-18(24-19)14-8-4-5-9-15(14)31-3/h4-5,8-9,13,17-20,24-25H,6-7,10-12H2,1-3H3,(H,23,28). The molecule has 3 heterocycles. The lowest BCUT2D eigenvalue weighted by Gasteiger charge is -2.50. The molecule has 33 heavy (non-hydrogen) atoms. The van der Waals surface area contributed by atoms with Gasteiger partial charge in [0, 0.05) is 32.8 Å². The van der Waals surface area contributed by atoms with E-state index in [-0.39, 0.29) is 35.9 Å². The Bertz CT molecular complexity index is 896. The van der Waals surface area contributed by atoms with Crippen molar-refractivity contribution in [2.45, 2.75) is 36.7 Å². The molecule has 1 aromatic carbocycles. The zero-order valence-electron chi connectivity index (χ0n) is 19.1. The maximum absolute atomic E-state index is 13.1. The molecule has 4 amide bonds. The Balaban J connectivity index is 1.51. The van der Waals surface area contributed by atoms with Gasteiger partial charge in [-0.3, -0.25) is 25.1 Å². The summed E-state index contributed by atoms with van der Waals surface area (Å²) in [6.07, 6.45) is 1.15. The van der Waals surface area contributed by atoms with Crippen LogP contribution in [0.2, 0.25) is 0 Å². The number of thioether (sulfide) groups is 1. The van der Waals surface area contributed by atoms with Gasteiger partial charge in [0.15, 0.2) is 0 Å². The van der Waals surface area contributed by atoms with Crippen LogP contribution in [0.15, 0.2) is 24.3 Å². The maximum Gasteiger partial charge on any atom is 0.327 e. The number of urea groups is 1. The molecule has 1 aromatic rings. The number of hydrogen-bond acceptors (Lipinski definition) is 8. The monoisotopic (exact) mass is 477 g/mol. The minimum absolute atomic E-state index is 0.0727. The summed E-state index contributed by atoms with van der Waals surface area (Å²) < 4.78 is 11.1. The molecule has 0 aromatic heterocycles. The predicted octanol–water partition coefficient (Wildman–Crippen LogP) is 0.707. The van der Waals surface area contributed by atoms with Crippen molar-refractivity contribution in [1.29, 1.82) is 0 Å². The van der Waals surface area contributed by atoms with Gasteiger partial charge in [-0.05, 0) is 18.9 Å². The minimum atomic E-state index is -0.556. The number of amides is 4. The van der Waals surface area contributed by atoms with Crippen molar-refractivity contribution in [3.8, 4) is 5.75 Å². The molecule has 0 spiro atoms. The second kappa shape index (κ2) is 10.3. The Morgan fingerprint density at radius 1 is 1.27 bits per heavy atom. The molecule has 3 aliphatic heterocycles. The third-order valence-electron chi connectivity index (χ3n) is 6.35. The molecule has 11 heteroatoms. The largest absolute Gasteiger partial charge is 0.496 e. The molecule has 0 saturated carbocycles. The minimum Gasteiger partial charge on any atom is -0.496 e. The number of methoxy groups -OCH3 is 1. The van der Waals surface area contributed by atoms with E-state index in [9.17, 15) is 14.4 Å². The Morgan fingerprint density at radius 3 is 2.79 bits per heavy atom. The first-order chi connectivity index (χ1) is 15.9. The fourth-order valence-electron chi connectivity index (χ4n) is 4.53. The zero-order valence-corrected chi connectivity index (χ0v) is 19.9. The highest BCUT2D eigenvalue weighted by Gasteiger charge is 2.51. The maximum atomic E-state index is 13.1. The molecule has 3 fully saturated rings. The second-order valence-electron chi connectivity index (χ2n) is 8.44. The second-order valence-corrected chi connectivity index (χ2v) is 9.57. The number of nitrogens with one attached hydrogen (secondary N) is 3. The molecule has 3 saturated heterocycles. The molecule has 3 N–H and O–H groups in total. The third-order valence-corrected chi connectivity index (χ3v) is 7.57. The van der Waals surface area contributed by atoms with Crippen molar-refractivity contribution in [3.05, 3.63) is 29.8 Å². The number of nitrogens with zero attached hydrogens (tertiary/aromatic N) is 2. The average molecular weight is 478 g/mol. The normalized spacial score (nSPS) is 29.7. The van der Waals surface area contributed by atoms with Gasteiger partial charge in [-0.1, -0.05) is 18.2 Å². The van der Waals surface area contributed by atoms with Crippen molar-refractivity contribution in [3.63, 3.8) is 0 Å². The van der Waals surface area contributed by atoms with Gasteiger partial charge in [-0.25, -0.2) is 4.79 Å². The van der Waals surface area contributed by atoms with E-state index in [2.05, 4.69) is 16.0 Å². The van der Waals surface area contributed by atoms with Crippen LogP contribution in [-0.4, -0.2) is 85.4 Å². The topological polar surface area (TPSA) is 112 Å². The van der Waals surface area contributed by atoms with Crippen LogP contribution < -0.4 is 20.7 Å². The van der Waals surface area contributed by atoms with Crippen LogP contribution in [0.25, 0.3) is 0 Å². The molecule has 4 rings (SSSR count). The predicted molar refractivity (Wildman–Crippen MR) is 123 cm³/mol. The number of benzene rings is 1. The van der Waals surface area contributed by atoms with Crippen molar-refractivity contribution < 1.29 is 23.9 Å². The van der Waals surface area contributed by atoms with Gasteiger partial charge in [0.05, 0.1) is 42.6 Å². The molecule has 180 valence electrons. The summed E-state index contributed by atoms with van der Waals surface area (Å²) in [4.78, 5) is 40.9. The van der Waals surface area contributed by atoms with Crippen molar-refractivity contribution >= 4 is 29.6 Å². The number of para-hydroxylation sites is 1. The van der Waals surface area contributed by atoms with Crippen LogP contribution in [0, 0.1) is 5.92 Å². The van der Waals surface area contributed by atoms with E-state index in [4.69, 9.17) is 9.47 Å². The molecular weight excluding hydrogens is 446 g/mol. The number of hydrogen-bond donors (Lipinski definition) is 3. The number of carbonyl (C=O) groups excluding carboxylic acids is 3. The molecule has 0 radical (unpaired) electrons. The molecule has 10 nitrogen and oxygen atoms in total. The van der Waals surface area contributed by atoms with Gasteiger partial charge in [-0.2, -0.15) is 0 Å². The Hall–Kier alpha value is -2.34. The van der Waals surface area contributed by atoms with Gasteiger partial charge >= 0.3 is 6.03 Å². The van der Waals surface area contributed by atoms with Gasteiger partial charge in [-0.15, -0.1) is 11.8 Å². The van der Waals surface area contributed by atoms with Crippen molar-refractivity contribution in [2.75, 3.05) is 40.1 Å². The van der Waals surface area contributed by atoms with E-state index in [1.54, 1.807) is 19.1 Å². The first-order valence-corrected chi connectivity index (χ1v) is 12.1. The number of fused-ring (bicyclic) bond motifs is 1. The molecule has 5 unspecified atom stereocenters. The van der Waals surface area contributed by atoms with Crippen LogP contribution in [-0.2, 0) is 14.3 Å². The van der Waals surface area contributed by atoms with Gasteiger partial charge < -0.3 is 19.7 Å². The highest BCUT2D eigenvalue weighted by molar-refractivity contribution is 8.00. The summed E-state index contributed by atoms with van der Waals surface area (Å²) in [5, 5.41) is 9.38. The fraction of sp³-hybridized carbons (Fsp3) is 0.591. The summed E-state index contributed by atoms with van der Waals surface area (Å²) in [7, 11) is 4.76. The third kappa shape index (κ3) is 4.96. The number of imide groups is 1. The SMILES string of the molecule is COc1ccccc1C1NC(SCC(=O)NCC2CCCO2)C2C(=O)N(C)C(=O)N(C)C2N1. The Kier molecular flexibility index (Phi) is 7.42. The number of rotatable bonds is 7. The lowest BCUT2D eigenvalue weighted by atomic mass is 9.95. The summed E-state index contributed by atoms with van der Waals surface area (Å²) in [5.74, 6) is -0.0751. The molecule has 5 atom stereocenters. The molecule has 0 bridgehead atoms. The van der Waals surface area contributed by atoms with Gasteiger partial charge in [0.2, 0.25) is 11.8 Å². The molecular formula is C22H31N5O5S. The summed E-state index contributed by atoms with van der Waals surface area (Å²) in [6, 6.07) is 7.21. The number of ether oxygens (including phenoxy) is 2. The van der Waals surface area contributed by atoms with E-state index in [0.717, 1.165) is 29.9 Å². The molecule has 0 aliphatic carbocycles. The average Bonchev–Trinajstić information content (AvgIpc) is 3.36. The van der Waals surface area contributed by atoms with Crippen molar-refractivity contribution in [1.82, 2.24) is 25.8 Å². The van der Waals surface area contributed by atoms with Gasteiger partial charge in [0.1, 0.15) is 5.75 Å². The Morgan fingerprint density at radius 2 is 2.06 bits per heavy atom. The first-order valence-electron chi connectivity index (χ1n) is 11.1. The smallest absolute Gasteiger partial charge is 0.327 e. The summed E-state index contributed by atoms with van der Waals surface area (Å²) >= 11 is 1.36. The highest BCUT2D eigenvalue weighted by atomic mass is 32.2. The van der Waals surface area contributed by atoms with Crippen LogP contribution in [0.1, 0.15) is 24.6 Å². The highest BCUT2D eigenvalue weighted by Crippen LogP contribution is 2.36. The lowest BCUT2D eigenvalue weighted by molar-refractivity contribution is -0.140. The van der Waals surface area contributed by atoms with E-state index in [0.29, 0.717) is 12.3 Å². The van der Waals surface area contributed by atoms with E-state index in [1.165, 1.54) is 18.8 Å². The summed E-state index contributed by atoms with van der Waals surface area (Å²) in [5.41, 5.74) is 0.860. The number of carbonyl (C=O) groups is 3. The lowest BCUT2D eigenvalue weighted by Crippen LogP contribution is -2.72. The van der Waals surface area contributed by atoms with E-state index >= 15 is 0 Å². The summed E-state index contributed by atoms with van der Waals surface area (Å²) in [6.45, 7) is 1.23. The van der Waals surface area contributed by atoms with Crippen LogP contribution >= 0.6 is 11.8 Å². The quantitative estimate of drug-likeness (QED) is 0.526. The van der Waals surface area contributed by atoms with Crippen LogP contribution in [0.3, 0.4) is 0 Å². The van der Waals surface area contributed by atoms with Crippen LogP contribution in [0.5, 0.6) is 5.75 Å². The van der Waals surface area contributed by atoms with Gasteiger partial charge in [0.25, 0.3) is 0 Å². The Labute approximate surface area is 197 Å². The van der Waals surface area contributed by atoms with Crippen LogP contribution in [0.4, 0.5) is 4.79 Å². The molecule has 3 aliphatic rings. The fourth-order valence-corrected chi connectivity index (χ4v) is 5.67. The zero-order chi connectivity index (χ0) is 23.5. The van der Waals surface area contributed by atoms with E-state index < -0.39 is 17.5 Å². The first kappa shape index (κ1) is 23.8. The van der Waals surface area contributed by atoms with Crippen molar-refractivity contribution in [2.24, 2.45) is 5.92 Å². The van der Waals surface area contributed by atoms with E-state index in [1.807, 2.05) is 24.3 Å².